The van der Waals surface area contributed by atoms with Crippen LogP contribution in [-0.2, 0) is 0 Å². The molecule has 124 valence electrons. The zero-order valence-electron chi connectivity index (χ0n) is 14.3. The van der Waals surface area contributed by atoms with Crippen molar-refractivity contribution in [2.24, 2.45) is 0 Å². The van der Waals surface area contributed by atoms with Crippen LogP contribution < -0.4 is 10.2 Å². The molecule has 0 spiro atoms. The first kappa shape index (κ1) is 16.7. The SMILES string of the molecule is CCOc1cc(-c2ccc(SC)cc2)cc(=O)c2c(C)oc(C)c12. The van der Waals surface area contributed by atoms with E-state index in [4.69, 9.17) is 9.15 Å². The third-order valence-electron chi connectivity index (χ3n) is 4.05. The largest absolute Gasteiger partial charge is 0.493 e. The molecule has 3 aromatic rings. The van der Waals surface area contributed by atoms with Crippen LogP contribution >= 0.6 is 11.8 Å². The lowest BCUT2D eigenvalue weighted by atomic mass is 10.1. The Bertz CT molecular complexity index is 940. The van der Waals surface area contributed by atoms with Gasteiger partial charge < -0.3 is 9.15 Å². The third-order valence-corrected chi connectivity index (χ3v) is 4.79. The van der Waals surface area contributed by atoms with E-state index >= 15 is 0 Å². The summed E-state index contributed by atoms with van der Waals surface area (Å²) >= 11 is 1.69. The molecule has 0 N–H and O–H groups in total. The molecule has 0 bridgehead atoms. The summed E-state index contributed by atoms with van der Waals surface area (Å²) in [5, 5.41) is 1.37. The van der Waals surface area contributed by atoms with E-state index in [2.05, 4.69) is 12.1 Å². The number of hydrogen-bond donors (Lipinski definition) is 0. The lowest BCUT2D eigenvalue weighted by molar-refractivity contribution is 0.344. The third kappa shape index (κ3) is 2.94. The molecule has 24 heavy (non-hydrogen) atoms. The Hall–Kier alpha value is -2.20. The fraction of sp³-hybridized carbons (Fsp3) is 0.250. The number of fused-ring (bicyclic) bond motifs is 1. The topological polar surface area (TPSA) is 39.4 Å². The summed E-state index contributed by atoms with van der Waals surface area (Å²) in [6.07, 6.45) is 2.04. The predicted molar refractivity (Wildman–Crippen MR) is 100 cm³/mol. The fourth-order valence-corrected chi connectivity index (χ4v) is 3.37. The lowest BCUT2D eigenvalue weighted by Crippen LogP contribution is -1.96. The molecule has 3 rings (SSSR count). The van der Waals surface area contributed by atoms with Gasteiger partial charge in [-0.15, -0.1) is 11.8 Å². The van der Waals surface area contributed by atoms with Gasteiger partial charge in [-0.2, -0.15) is 0 Å². The molecule has 0 radical (unpaired) electrons. The highest BCUT2D eigenvalue weighted by atomic mass is 32.2. The molecular weight excluding hydrogens is 320 g/mol. The van der Waals surface area contributed by atoms with E-state index in [9.17, 15) is 4.79 Å². The molecule has 0 atom stereocenters. The van der Waals surface area contributed by atoms with Crippen LogP contribution in [0.3, 0.4) is 0 Å². The summed E-state index contributed by atoms with van der Waals surface area (Å²) in [6.45, 7) is 6.15. The van der Waals surface area contributed by atoms with Crippen molar-refractivity contribution in [2.75, 3.05) is 12.9 Å². The number of furan rings is 1. The molecule has 4 heteroatoms. The summed E-state index contributed by atoms with van der Waals surface area (Å²) in [5.41, 5.74) is 1.80. The standard InChI is InChI=1S/C20H20O3S/c1-5-22-18-11-15(14-6-8-16(24-4)9-7-14)10-17(21)19-12(2)23-13(3)20(18)19/h6-11H,5H2,1-4H3. The minimum atomic E-state index is -0.0470. The number of hydrogen-bond acceptors (Lipinski definition) is 4. The van der Waals surface area contributed by atoms with E-state index in [0.717, 1.165) is 16.5 Å². The van der Waals surface area contributed by atoms with Crippen molar-refractivity contribution in [1.29, 1.82) is 0 Å². The van der Waals surface area contributed by atoms with Crippen LogP contribution in [0.1, 0.15) is 18.4 Å². The first-order valence-corrected chi connectivity index (χ1v) is 9.13. The van der Waals surface area contributed by atoms with E-state index in [-0.39, 0.29) is 5.43 Å². The maximum atomic E-state index is 12.8. The van der Waals surface area contributed by atoms with E-state index in [1.54, 1.807) is 17.8 Å². The van der Waals surface area contributed by atoms with Crippen LogP contribution in [0, 0.1) is 13.8 Å². The monoisotopic (exact) mass is 340 g/mol. The van der Waals surface area contributed by atoms with Gasteiger partial charge in [0.05, 0.1) is 17.4 Å². The van der Waals surface area contributed by atoms with Gasteiger partial charge in [0.1, 0.15) is 17.3 Å². The van der Waals surface area contributed by atoms with Gasteiger partial charge in [-0.3, -0.25) is 4.79 Å². The van der Waals surface area contributed by atoms with Crippen LogP contribution in [0.4, 0.5) is 0 Å². The quantitative estimate of drug-likeness (QED) is 0.612. The molecule has 3 nitrogen and oxygen atoms in total. The molecule has 1 heterocycles. The Kier molecular flexibility index (Phi) is 4.67. The molecule has 0 unspecified atom stereocenters. The average molecular weight is 340 g/mol. The van der Waals surface area contributed by atoms with Gasteiger partial charge >= 0.3 is 0 Å². The molecule has 0 saturated heterocycles. The summed E-state index contributed by atoms with van der Waals surface area (Å²) in [4.78, 5) is 14.0. The van der Waals surface area contributed by atoms with Crippen LogP contribution in [-0.4, -0.2) is 12.9 Å². The van der Waals surface area contributed by atoms with Crippen LogP contribution in [0.5, 0.6) is 5.75 Å². The molecule has 2 aromatic carbocycles. The van der Waals surface area contributed by atoms with E-state index in [1.807, 2.05) is 45.2 Å². The summed E-state index contributed by atoms with van der Waals surface area (Å²) in [6, 6.07) is 11.8. The highest BCUT2D eigenvalue weighted by Gasteiger charge is 2.16. The zero-order valence-corrected chi connectivity index (χ0v) is 15.1. The van der Waals surface area contributed by atoms with Gasteiger partial charge in [0, 0.05) is 4.90 Å². The van der Waals surface area contributed by atoms with Crippen molar-refractivity contribution in [1.82, 2.24) is 0 Å². The average Bonchev–Trinajstić information content (AvgIpc) is 2.78. The maximum absolute atomic E-state index is 12.8. The molecule has 0 aliphatic rings. The highest BCUT2D eigenvalue weighted by molar-refractivity contribution is 7.98. The van der Waals surface area contributed by atoms with Gasteiger partial charge in [0.25, 0.3) is 0 Å². The van der Waals surface area contributed by atoms with Crippen LogP contribution in [0.2, 0.25) is 0 Å². The second-order valence-electron chi connectivity index (χ2n) is 5.60. The predicted octanol–water partition coefficient (Wildman–Crippen LogP) is 5.20. The van der Waals surface area contributed by atoms with Crippen molar-refractivity contribution in [3.8, 4) is 16.9 Å². The zero-order chi connectivity index (χ0) is 17.3. The molecule has 0 aliphatic heterocycles. The molecule has 1 aromatic heterocycles. The van der Waals surface area contributed by atoms with Crippen molar-refractivity contribution >= 4 is 22.5 Å². The molecular formula is C20H20O3S. The Morgan fingerprint density at radius 3 is 2.29 bits per heavy atom. The normalized spacial score (nSPS) is 11.0. The Labute approximate surface area is 145 Å². The number of ether oxygens (including phenoxy) is 1. The van der Waals surface area contributed by atoms with E-state index < -0.39 is 0 Å². The highest BCUT2D eigenvalue weighted by Crippen LogP contribution is 2.33. The fourth-order valence-electron chi connectivity index (χ4n) is 2.97. The Morgan fingerprint density at radius 1 is 1.00 bits per heavy atom. The second kappa shape index (κ2) is 6.73. The van der Waals surface area contributed by atoms with Crippen molar-refractivity contribution in [2.45, 2.75) is 25.7 Å². The van der Waals surface area contributed by atoms with Crippen molar-refractivity contribution in [3.63, 3.8) is 0 Å². The maximum Gasteiger partial charge on any atom is 0.190 e. The molecule has 0 fully saturated rings. The molecule has 0 aliphatic carbocycles. The number of rotatable bonds is 4. The van der Waals surface area contributed by atoms with E-state index in [1.165, 1.54) is 4.90 Å². The number of thioether (sulfide) groups is 1. The van der Waals surface area contributed by atoms with Crippen molar-refractivity contribution < 1.29 is 9.15 Å². The Morgan fingerprint density at radius 2 is 1.67 bits per heavy atom. The van der Waals surface area contributed by atoms with Gasteiger partial charge in [-0.25, -0.2) is 0 Å². The molecule has 0 amide bonds. The van der Waals surface area contributed by atoms with Gasteiger partial charge in [-0.1, -0.05) is 12.1 Å². The number of aryl methyl sites for hydroxylation is 2. The van der Waals surface area contributed by atoms with Crippen molar-refractivity contribution in [3.05, 3.63) is 58.1 Å². The van der Waals surface area contributed by atoms with E-state index in [0.29, 0.717) is 29.3 Å². The first-order valence-electron chi connectivity index (χ1n) is 7.90. The summed E-state index contributed by atoms with van der Waals surface area (Å²) < 4.78 is 11.5. The van der Waals surface area contributed by atoms with Crippen LogP contribution in [0.15, 0.2) is 50.5 Å². The minimum absolute atomic E-state index is 0.0470. The summed E-state index contributed by atoms with van der Waals surface area (Å²) in [5.74, 6) is 2.03. The smallest absolute Gasteiger partial charge is 0.190 e. The van der Waals surface area contributed by atoms with Crippen LogP contribution in [0.25, 0.3) is 21.9 Å². The first-order chi connectivity index (χ1) is 11.5. The molecule has 0 saturated carbocycles. The second-order valence-corrected chi connectivity index (χ2v) is 6.48. The Balaban J connectivity index is 2.32. The summed E-state index contributed by atoms with van der Waals surface area (Å²) in [7, 11) is 0. The van der Waals surface area contributed by atoms with Gasteiger partial charge in [0.2, 0.25) is 0 Å². The van der Waals surface area contributed by atoms with Gasteiger partial charge in [-0.05, 0) is 62.4 Å². The lowest BCUT2D eigenvalue weighted by Gasteiger charge is -2.05. The number of benzene rings is 1. The van der Waals surface area contributed by atoms with Gasteiger partial charge in [0.15, 0.2) is 5.43 Å². The minimum Gasteiger partial charge on any atom is -0.493 e.